The lowest BCUT2D eigenvalue weighted by Crippen LogP contribution is -2.34. The summed E-state index contributed by atoms with van der Waals surface area (Å²) in [6.07, 6.45) is 4.28. The van der Waals surface area contributed by atoms with Gasteiger partial charge >= 0.3 is 5.97 Å². The normalized spacial score (nSPS) is 21.1. The smallest absolute Gasteiger partial charge is 0.307 e. The molecule has 1 aliphatic carbocycles. The van der Waals surface area contributed by atoms with E-state index in [0.29, 0.717) is 27.5 Å². The van der Waals surface area contributed by atoms with Crippen LogP contribution < -0.4 is 5.32 Å². The molecule has 112 valence electrons. The molecule has 0 spiro atoms. The van der Waals surface area contributed by atoms with E-state index in [9.17, 15) is 19.1 Å². The minimum atomic E-state index is -0.989. The van der Waals surface area contributed by atoms with Crippen LogP contribution in [0.4, 0.5) is 10.1 Å². The highest BCUT2D eigenvalue weighted by molar-refractivity contribution is 9.11. The summed E-state index contributed by atoms with van der Waals surface area (Å²) in [7, 11) is 0. The molecule has 0 saturated heterocycles. The number of halogens is 3. The summed E-state index contributed by atoms with van der Waals surface area (Å²) in [5.41, 5.74) is 0.389. The van der Waals surface area contributed by atoms with Gasteiger partial charge in [-0.1, -0.05) is 12.2 Å². The van der Waals surface area contributed by atoms with Crippen LogP contribution in [0.2, 0.25) is 0 Å². The number of benzene rings is 1. The van der Waals surface area contributed by atoms with E-state index >= 15 is 0 Å². The van der Waals surface area contributed by atoms with Crippen LogP contribution in [0.1, 0.15) is 12.8 Å². The van der Waals surface area contributed by atoms with Gasteiger partial charge in [0.15, 0.2) is 0 Å². The Balaban J connectivity index is 2.21. The van der Waals surface area contributed by atoms with Gasteiger partial charge in [-0.25, -0.2) is 4.39 Å². The fraction of sp³-hybridized carbons (Fsp3) is 0.286. The molecule has 0 saturated carbocycles. The van der Waals surface area contributed by atoms with Crippen molar-refractivity contribution in [2.24, 2.45) is 11.8 Å². The molecule has 0 heterocycles. The number of nitrogens with one attached hydrogen (secondary N) is 1. The van der Waals surface area contributed by atoms with Crippen LogP contribution in [-0.4, -0.2) is 17.0 Å². The molecule has 7 heteroatoms. The van der Waals surface area contributed by atoms with E-state index in [2.05, 4.69) is 37.2 Å². The van der Waals surface area contributed by atoms with Crippen molar-refractivity contribution in [2.45, 2.75) is 12.8 Å². The topological polar surface area (TPSA) is 66.4 Å². The predicted molar refractivity (Wildman–Crippen MR) is 83.4 cm³/mol. The van der Waals surface area contributed by atoms with E-state index in [4.69, 9.17) is 0 Å². The quantitative estimate of drug-likeness (QED) is 0.727. The van der Waals surface area contributed by atoms with E-state index in [1.807, 2.05) is 0 Å². The number of hydrogen-bond donors (Lipinski definition) is 2. The zero-order chi connectivity index (χ0) is 15.6. The average molecular weight is 421 g/mol. The van der Waals surface area contributed by atoms with Crippen molar-refractivity contribution < 1.29 is 19.1 Å². The largest absolute Gasteiger partial charge is 0.481 e. The van der Waals surface area contributed by atoms with Crippen molar-refractivity contribution in [2.75, 3.05) is 5.32 Å². The number of rotatable bonds is 3. The summed E-state index contributed by atoms with van der Waals surface area (Å²) in [6, 6.07) is 2.46. The second-order valence-corrected chi connectivity index (χ2v) is 6.44. The third-order valence-corrected chi connectivity index (χ3v) is 4.59. The second-order valence-electron chi connectivity index (χ2n) is 4.73. The van der Waals surface area contributed by atoms with Crippen molar-refractivity contribution in [1.29, 1.82) is 0 Å². The first-order chi connectivity index (χ1) is 9.90. The lowest BCUT2D eigenvalue weighted by atomic mass is 9.82. The van der Waals surface area contributed by atoms with E-state index in [-0.39, 0.29) is 5.91 Å². The molecule has 0 fully saturated rings. The molecule has 1 aliphatic rings. The highest BCUT2D eigenvalue weighted by atomic mass is 79.9. The fourth-order valence-electron chi connectivity index (χ4n) is 2.25. The number of amides is 1. The van der Waals surface area contributed by atoms with Crippen molar-refractivity contribution >= 4 is 49.4 Å². The Morgan fingerprint density at radius 1 is 1.14 bits per heavy atom. The molecule has 0 bridgehead atoms. The zero-order valence-corrected chi connectivity index (χ0v) is 13.9. The van der Waals surface area contributed by atoms with Gasteiger partial charge in [-0.15, -0.1) is 0 Å². The maximum Gasteiger partial charge on any atom is 0.307 e. The summed E-state index contributed by atoms with van der Waals surface area (Å²) in [6.45, 7) is 0. The van der Waals surface area contributed by atoms with Gasteiger partial charge in [0.2, 0.25) is 5.91 Å². The molecular formula is C14H12Br2FNO3. The van der Waals surface area contributed by atoms with Gasteiger partial charge in [-0.3, -0.25) is 9.59 Å². The zero-order valence-electron chi connectivity index (χ0n) is 10.8. The van der Waals surface area contributed by atoms with Gasteiger partial charge in [-0.05, 0) is 56.8 Å². The number of carbonyl (C=O) groups is 2. The molecule has 2 rings (SSSR count). The summed E-state index contributed by atoms with van der Waals surface area (Å²) in [5.74, 6) is -3.21. The van der Waals surface area contributed by atoms with Crippen molar-refractivity contribution in [3.8, 4) is 0 Å². The van der Waals surface area contributed by atoms with Crippen molar-refractivity contribution in [3.63, 3.8) is 0 Å². The van der Waals surface area contributed by atoms with E-state index < -0.39 is 23.6 Å². The van der Waals surface area contributed by atoms with Crippen molar-refractivity contribution in [1.82, 2.24) is 0 Å². The van der Waals surface area contributed by atoms with Crippen LogP contribution in [0.5, 0.6) is 0 Å². The maximum atomic E-state index is 13.2. The second kappa shape index (κ2) is 6.70. The summed E-state index contributed by atoms with van der Waals surface area (Å²) >= 11 is 6.36. The maximum absolute atomic E-state index is 13.2. The molecule has 2 atom stereocenters. The Bertz CT molecular complexity index is 595. The Morgan fingerprint density at radius 2 is 1.67 bits per heavy atom. The highest BCUT2D eigenvalue weighted by Gasteiger charge is 2.34. The van der Waals surface area contributed by atoms with E-state index in [0.717, 1.165) is 0 Å². The summed E-state index contributed by atoms with van der Waals surface area (Å²) in [4.78, 5) is 23.5. The molecule has 0 radical (unpaired) electrons. The third kappa shape index (κ3) is 3.71. The molecule has 0 unspecified atom stereocenters. The molecule has 21 heavy (non-hydrogen) atoms. The Labute approximate surface area is 137 Å². The molecule has 1 amide bonds. The number of carboxylic acids is 1. The standard InChI is InChI=1S/C14H12Br2FNO3/c15-10-5-7(17)6-11(16)12(10)18-13(19)8-3-1-2-4-9(8)14(20)21/h1-2,5-6,8-9H,3-4H2,(H,18,19)(H,20,21)/t8-,9+/m0/s1. The number of carbonyl (C=O) groups excluding carboxylic acids is 1. The first kappa shape index (κ1) is 16.2. The van der Waals surface area contributed by atoms with Gasteiger partial charge in [0.25, 0.3) is 0 Å². The lowest BCUT2D eigenvalue weighted by Gasteiger charge is -2.24. The monoisotopic (exact) mass is 419 g/mol. The SMILES string of the molecule is O=C(Nc1c(Br)cc(F)cc1Br)[C@H]1CC=CC[C@H]1C(=O)O. The number of hydrogen-bond acceptors (Lipinski definition) is 2. The van der Waals surface area contributed by atoms with Crippen LogP contribution in [0, 0.1) is 17.7 Å². The van der Waals surface area contributed by atoms with Gasteiger partial charge in [0.1, 0.15) is 5.82 Å². The Hall–Kier alpha value is -1.21. The van der Waals surface area contributed by atoms with E-state index in [1.54, 1.807) is 12.2 Å². The van der Waals surface area contributed by atoms with Crippen LogP contribution in [0.3, 0.4) is 0 Å². The Morgan fingerprint density at radius 3 is 2.19 bits per heavy atom. The Kier molecular flexibility index (Phi) is 5.16. The first-order valence-electron chi connectivity index (χ1n) is 6.23. The number of carboxylic acid groups (broad SMARTS) is 1. The number of anilines is 1. The third-order valence-electron chi connectivity index (χ3n) is 3.34. The highest BCUT2D eigenvalue weighted by Crippen LogP contribution is 2.34. The van der Waals surface area contributed by atoms with Gasteiger partial charge < -0.3 is 10.4 Å². The molecule has 1 aromatic rings. The van der Waals surface area contributed by atoms with Gasteiger partial charge in [-0.2, -0.15) is 0 Å². The average Bonchev–Trinajstić information content (AvgIpc) is 2.42. The van der Waals surface area contributed by atoms with Crippen LogP contribution in [0.25, 0.3) is 0 Å². The van der Waals surface area contributed by atoms with Crippen molar-refractivity contribution in [3.05, 3.63) is 39.0 Å². The lowest BCUT2D eigenvalue weighted by molar-refractivity contribution is -0.146. The minimum absolute atomic E-state index is 0.333. The van der Waals surface area contributed by atoms with Gasteiger partial charge in [0.05, 0.1) is 17.5 Å². The summed E-state index contributed by atoms with van der Waals surface area (Å²) in [5, 5.41) is 11.9. The van der Waals surface area contributed by atoms with Crippen LogP contribution in [0.15, 0.2) is 33.2 Å². The van der Waals surface area contributed by atoms with Gasteiger partial charge in [0, 0.05) is 8.95 Å². The molecule has 0 aliphatic heterocycles. The molecule has 4 nitrogen and oxygen atoms in total. The predicted octanol–water partition coefficient (Wildman–Crippen LogP) is 3.96. The number of aliphatic carboxylic acids is 1. The molecule has 1 aromatic carbocycles. The first-order valence-corrected chi connectivity index (χ1v) is 7.82. The summed E-state index contributed by atoms with van der Waals surface area (Å²) < 4.78 is 14.0. The number of allylic oxidation sites excluding steroid dienone is 2. The fourth-order valence-corrected chi connectivity index (χ4v) is 3.58. The molecular weight excluding hydrogens is 409 g/mol. The van der Waals surface area contributed by atoms with Crippen LogP contribution >= 0.6 is 31.9 Å². The minimum Gasteiger partial charge on any atom is -0.481 e. The van der Waals surface area contributed by atoms with Crippen LogP contribution in [-0.2, 0) is 9.59 Å². The molecule has 0 aromatic heterocycles. The molecule has 2 N–H and O–H groups in total. The van der Waals surface area contributed by atoms with E-state index in [1.165, 1.54) is 12.1 Å².